The molecule has 0 aromatic carbocycles. The number of aliphatic hydroxyl groups is 3. The van der Waals surface area contributed by atoms with Crippen LogP contribution in [0.15, 0.2) is 24.3 Å². The third kappa shape index (κ3) is 37.2. The summed E-state index contributed by atoms with van der Waals surface area (Å²) in [7, 11) is 0. The maximum Gasteiger partial charge on any atom is 0.335 e. The molecule has 67 heavy (non-hydrogen) atoms. The van der Waals surface area contributed by atoms with Crippen molar-refractivity contribution < 1.29 is 53.8 Å². The monoisotopic (exact) mass is 951 g/mol. The molecule has 0 amide bonds. The number of unbranched alkanes of at least 4 members (excludes halogenated alkanes) is 33. The fraction of sp³-hybridized carbons (Fsp3) is 0.875. The highest BCUT2D eigenvalue weighted by molar-refractivity contribution is 5.73. The van der Waals surface area contributed by atoms with E-state index in [4.69, 9.17) is 18.9 Å². The van der Waals surface area contributed by atoms with Gasteiger partial charge < -0.3 is 39.4 Å². The van der Waals surface area contributed by atoms with E-state index in [1.54, 1.807) is 0 Å². The molecule has 0 aromatic rings. The molecule has 0 aromatic heterocycles. The van der Waals surface area contributed by atoms with Gasteiger partial charge in [-0.15, -0.1) is 0 Å². The summed E-state index contributed by atoms with van der Waals surface area (Å²) in [5.74, 6) is -2.43. The molecule has 1 saturated heterocycles. The molecule has 11 heteroatoms. The molecule has 4 N–H and O–H groups in total. The smallest absolute Gasteiger partial charge is 0.335 e. The van der Waals surface area contributed by atoms with Gasteiger partial charge in [-0.3, -0.25) is 9.59 Å². The lowest BCUT2D eigenvalue weighted by Crippen LogP contribution is -2.60. The molecule has 1 aliphatic rings. The molecule has 11 nitrogen and oxygen atoms in total. The summed E-state index contributed by atoms with van der Waals surface area (Å²) in [6.45, 7) is 3.84. The summed E-state index contributed by atoms with van der Waals surface area (Å²) >= 11 is 0. The van der Waals surface area contributed by atoms with Gasteiger partial charge in [0.05, 0.1) is 6.61 Å². The molecule has 0 saturated carbocycles. The molecular formula is C56H102O11. The number of carbonyl (C=O) groups is 3. The Morgan fingerprint density at radius 3 is 1.25 bits per heavy atom. The van der Waals surface area contributed by atoms with E-state index in [2.05, 4.69) is 38.2 Å². The number of aliphatic hydroxyl groups excluding tert-OH is 3. The van der Waals surface area contributed by atoms with E-state index in [9.17, 15) is 34.8 Å². The molecule has 1 aliphatic heterocycles. The number of hydrogen-bond acceptors (Lipinski definition) is 10. The first kappa shape index (κ1) is 62.7. The summed E-state index contributed by atoms with van der Waals surface area (Å²) in [6, 6.07) is 0. The predicted octanol–water partition coefficient (Wildman–Crippen LogP) is 13.7. The number of carboxylic acids is 1. The van der Waals surface area contributed by atoms with Gasteiger partial charge in [0.1, 0.15) is 24.9 Å². The third-order valence-electron chi connectivity index (χ3n) is 13.1. The van der Waals surface area contributed by atoms with Crippen molar-refractivity contribution in [1.82, 2.24) is 0 Å². The lowest BCUT2D eigenvalue weighted by atomic mass is 9.99. The van der Waals surface area contributed by atoms with Crippen LogP contribution in [0.4, 0.5) is 0 Å². The fourth-order valence-corrected chi connectivity index (χ4v) is 8.68. The zero-order valence-corrected chi connectivity index (χ0v) is 42.9. The lowest BCUT2D eigenvalue weighted by Gasteiger charge is -2.38. The van der Waals surface area contributed by atoms with Crippen molar-refractivity contribution in [3.05, 3.63) is 24.3 Å². The average molecular weight is 951 g/mol. The van der Waals surface area contributed by atoms with Gasteiger partial charge in [-0.05, 0) is 44.9 Å². The second kappa shape index (κ2) is 46.1. The number of hydrogen-bond donors (Lipinski definition) is 4. The van der Waals surface area contributed by atoms with Gasteiger partial charge in [0.2, 0.25) is 0 Å². The number of carboxylic acid groups (broad SMARTS) is 1. The zero-order valence-electron chi connectivity index (χ0n) is 42.9. The Labute approximate surface area is 409 Å². The van der Waals surface area contributed by atoms with E-state index < -0.39 is 54.7 Å². The Morgan fingerprint density at radius 2 is 0.836 bits per heavy atom. The average Bonchev–Trinajstić information content (AvgIpc) is 3.31. The number of ether oxygens (including phenoxy) is 4. The summed E-state index contributed by atoms with van der Waals surface area (Å²) < 4.78 is 21.9. The standard InChI is InChI=1S/C56H102O11/c1-3-5-7-9-11-13-15-17-19-21-23-24-25-26-27-29-31-33-35-37-39-41-43-45-50(58)66-48(47-65-56-53(61)51(59)52(60)54(67-56)55(62)63)46-64-49(57)44-42-40-38-36-34-32-30-28-22-20-18-16-14-12-10-8-6-4-2/h14,16,20,22,48,51-54,56,59-61H,3-13,15,17-19,21,23-47H2,1-2H3,(H,62,63)/b16-14-,22-20-. The molecule has 0 spiro atoms. The Kier molecular flexibility index (Phi) is 43.1. The van der Waals surface area contributed by atoms with Crippen molar-refractivity contribution in [3.8, 4) is 0 Å². The van der Waals surface area contributed by atoms with E-state index in [0.29, 0.717) is 12.8 Å². The Bertz CT molecular complexity index is 1210. The van der Waals surface area contributed by atoms with Crippen molar-refractivity contribution >= 4 is 17.9 Å². The lowest BCUT2D eigenvalue weighted by molar-refractivity contribution is -0.298. The van der Waals surface area contributed by atoms with E-state index in [-0.39, 0.29) is 26.1 Å². The minimum Gasteiger partial charge on any atom is -0.479 e. The van der Waals surface area contributed by atoms with Crippen LogP contribution in [0.25, 0.3) is 0 Å². The fourth-order valence-electron chi connectivity index (χ4n) is 8.68. The topological polar surface area (TPSA) is 169 Å². The first-order valence-electron chi connectivity index (χ1n) is 27.9. The molecule has 6 unspecified atom stereocenters. The van der Waals surface area contributed by atoms with Crippen LogP contribution in [0.1, 0.15) is 264 Å². The van der Waals surface area contributed by atoms with Gasteiger partial charge in [-0.1, -0.05) is 231 Å². The predicted molar refractivity (Wildman–Crippen MR) is 271 cm³/mol. The molecule has 1 rings (SSSR count). The summed E-state index contributed by atoms with van der Waals surface area (Å²) in [5, 5.41) is 40.0. The van der Waals surface area contributed by atoms with Crippen LogP contribution in [-0.4, -0.2) is 88.4 Å². The van der Waals surface area contributed by atoms with Crippen LogP contribution in [0.5, 0.6) is 0 Å². The first-order valence-corrected chi connectivity index (χ1v) is 27.9. The highest BCUT2D eigenvalue weighted by Crippen LogP contribution is 2.23. The number of allylic oxidation sites excluding steroid dienone is 4. The van der Waals surface area contributed by atoms with E-state index in [1.807, 2.05) is 0 Å². The van der Waals surface area contributed by atoms with Gasteiger partial charge in [0.25, 0.3) is 0 Å². The van der Waals surface area contributed by atoms with Crippen LogP contribution >= 0.6 is 0 Å². The number of aliphatic carboxylic acids is 1. The van der Waals surface area contributed by atoms with Crippen molar-refractivity contribution in [2.75, 3.05) is 13.2 Å². The van der Waals surface area contributed by atoms with Gasteiger partial charge >= 0.3 is 17.9 Å². The maximum absolute atomic E-state index is 12.9. The van der Waals surface area contributed by atoms with E-state index in [0.717, 1.165) is 51.4 Å². The van der Waals surface area contributed by atoms with Crippen molar-refractivity contribution in [1.29, 1.82) is 0 Å². The summed E-state index contributed by atoms with van der Waals surface area (Å²) in [4.78, 5) is 37.1. The van der Waals surface area contributed by atoms with Crippen LogP contribution in [0.3, 0.4) is 0 Å². The number of rotatable bonds is 48. The van der Waals surface area contributed by atoms with Gasteiger partial charge in [-0.25, -0.2) is 4.79 Å². The Morgan fingerprint density at radius 1 is 0.463 bits per heavy atom. The van der Waals surface area contributed by atoms with Crippen LogP contribution in [0, 0.1) is 0 Å². The molecule has 1 heterocycles. The highest BCUT2D eigenvalue weighted by Gasteiger charge is 2.47. The van der Waals surface area contributed by atoms with E-state index >= 15 is 0 Å². The second-order valence-corrected chi connectivity index (χ2v) is 19.4. The molecule has 0 bridgehead atoms. The minimum absolute atomic E-state index is 0.186. The molecular weight excluding hydrogens is 849 g/mol. The molecule has 6 atom stereocenters. The minimum atomic E-state index is -1.86. The quantitative estimate of drug-likeness (QED) is 0.0260. The van der Waals surface area contributed by atoms with Crippen LogP contribution in [-0.2, 0) is 33.3 Å². The van der Waals surface area contributed by atoms with Crippen molar-refractivity contribution in [2.45, 2.75) is 301 Å². The number of carbonyl (C=O) groups excluding carboxylic acids is 2. The van der Waals surface area contributed by atoms with Crippen molar-refractivity contribution in [3.63, 3.8) is 0 Å². The van der Waals surface area contributed by atoms with Gasteiger partial charge in [0.15, 0.2) is 18.5 Å². The molecule has 392 valence electrons. The maximum atomic E-state index is 12.9. The first-order chi connectivity index (χ1) is 32.7. The zero-order chi connectivity index (χ0) is 48.8. The molecule has 1 fully saturated rings. The van der Waals surface area contributed by atoms with Gasteiger partial charge in [-0.2, -0.15) is 0 Å². The summed E-state index contributed by atoms with van der Waals surface area (Å²) in [6.07, 6.45) is 45.2. The van der Waals surface area contributed by atoms with Crippen molar-refractivity contribution in [2.24, 2.45) is 0 Å². The normalized spacial score (nSPS) is 19.1. The molecule has 0 radical (unpaired) electrons. The Hall–Kier alpha value is -2.31. The third-order valence-corrected chi connectivity index (χ3v) is 13.1. The van der Waals surface area contributed by atoms with Gasteiger partial charge in [0, 0.05) is 12.8 Å². The molecule has 0 aliphatic carbocycles. The van der Waals surface area contributed by atoms with Crippen LogP contribution < -0.4 is 0 Å². The van der Waals surface area contributed by atoms with Crippen LogP contribution in [0.2, 0.25) is 0 Å². The number of esters is 2. The largest absolute Gasteiger partial charge is 0.479 e. The SMILES string of the molecule is CCCCCC/C=C\C/C=C\CCCCCCCCCC(=O)OCC(COC1OC(C(=O)O)C(O)C(O)C1O)OC(=O)CCCCCCCCCCCCCCCCCCCCCCCCC. The van der Waals surface area contributed by atoms with E-state index in [1.165, 1.54) is 173 Å². The second-order valence-electron chi connectivity index (χ2n) is 19.4. The Balaban J connectivity index is 2.25. The summed E-state index contributed by atoms with van der Waals surface area (Å²) in [5.41, 5.74) is 0. The highest BCUT2D eigenvalue weighted by atomic mass is 16.7.